The van der Waals surface area contributed by atoms with Gasteiger partial charge < -0.3 is 9.47 Å². The molecule has 0 N–H and O–H groups in total. The zero-order valence-corrected chi connectivity index (χ0v) is 11.1. The maximum absolute atomic E-state index is 12.1. The van der Waals surface area contributed by atoms with Crippen LogP contribution in [-0.2, 0) is 11.8 Å². The van der Waals surface area contributed by atoms with Gasteiger partial charge in [0.25, 0.3) is 0 Å². The summed E-state index contributed by atoms with van der Waals surface area (Å²) in [5.41, 5.74) is 11.1. The van der Waals surface area contributed by atoms with Gasteiger partial charge in [0.15, 0.2) is 0 Å². The minimum Gasteiger partial charge on any atom is -0.334 e. The van der Waals surface area contributed by atoms with E-state index in [2.05, 4.69) is 15.0 Å². The maximum Gasteiger partial charge on any atom is 0.227 e. The van der Waals surface area contributed by atoms with Gasteiger partial charge in [0.2, 0.25) is 5.91 Å². The second-order valence-corrected chi connectivity index (χ2v) is 5.02. The van der Waals surface area contributed by atoms with E-state index in [1.54, 1.807) is 11.2 Å². The summed E-state index contributed by atoms with van der Waals surface area (Å²) >= 11 is 0. The molecule has 3 rings (SSSR count). The normalized spacial score (nSPS) is 18.6. The lowest BCUT2D eigenvalue weighted by Crippen LogP contribution is -2.24. The number of anilines is 1. The molecule has 1 aromatic carbocycles. The molecular formula is C13H14N6O. The number of imidazole rings is 1. The molecule has 7 nitrogen and oxygen atoms in total. The van der Waals surface area contributed by atoms with Crippen molar-refractivity contribution in [3.05, 3.63) is 35.0 Å². The Morgan fingerprint density at radius 1 is 1.55 bits per heavy atom. The van der Waals surface area contributed by atoms with Crippen LogP contribution in [0.2, 0.25) is 0 Å². The largest absolute Gasteiger partial charge is 0.334 e. The molecule has 1 aliphatic heterocycles. The third-order valence-electron chi connectivity index (χ3n) is 3.63. The summed E-state index contributed by atoms with van der Waals surface area (Å²) in [5.74, 6) is 0.163. The molecule has 2 heterocycles. The molecule has 102 valence electrons. The van der Waals surface area contributed by atoms with E-state index in [1.165, 1.54) is 0 Å². The number of carbonyl (C=O) groups is 1. The molecule has 0 saturated carbocycles. The Bertz CT molecular complexity index is 715. The Hall–Kier alpha value is -2.53. The van der Waals surface area contributed by atoms with Crippen LogP contribution in [0.4, 0.5) is 5.69 Å². The van der Waals surface area contributed by atoms with Gasteiger partial charge in [-0.2, -0.15) is 0 Å². The molecular weight excluding hydrogens is 256 g/mol. The Morgan fingerprint density at radius 2 is 2.40 bits per heavy atom. The lowest BCUT2D eigenvalue weighted by molar-refractivity contribution is -0.117. The summed E-state index contributed by atoms with van der Waals surface area (Å²) in [6.45, 7) is 0.959. The van der Waals surface area contributed by atoms with Gasteiger partial charge in [0, 0.05) is 37.2 Å². The molecule has 1 saturated heterocycles. The van der Waals surface area contributed by atoms with E-state index < -0.39 is 0 Å². The van der Waals surface area contributed by atoms with Crippen LogP contribution >= 0.6 is 0 Å². The molecule has 1 aliphatic rings. The molecule has 0 bridgehead atoms. The third kappa shape index (κ3) is 2.08. The SMILES string of the molecule is Cn1cnc2cc(N3CC(CN=[N+]=[N-])CC3=O)ccc21. The summed E-state index contributed by atoms with van der Waals surface area (Å²) in [5, 5.41) is 3.56. The molecule has 20 heavy (non-hydrogen) atoms. The number of hydrogen-bond donors (Lipinski definition) is 0. The highest BCUT2D eigenvalue weighted by atomic mass is 16.2. The average molecular weight is 270 g/mol. The molecule has 0 aliphatic carbocycles. The molecule has 0 spiro atoms. The van der Waals surface area contributed by atoms with E-state index in [0.717, 1.165) is 16.7 Å². The zero-order chi connectivity index (χ0) is 14.1. The summed E-state index contributed by atoms with van der Waals surface area (Å²) in [6, 6.07) is 5.81. The van der Waals surface area contributed by atoms with Crippen molar-refractivity contribution in [3.63, 3.8) is 0 Å². The number of benzene rings is 1. The molecule has 1 amide bonds. The van der Waals surface area contributed by atoms with Gasteiger partial charge >= 0.3 is 0 Å². The van der Waals surface area contributed by atoms with Crippen LogP contribution in [0.15, 0.2) is 29.6 Å². The van der Waals surface area contributed by atoms with Crippen molar-refractivity contribution in [2.24, 2.45) is 18.1 Å². The van der Waals surface area contributed by atoms with Gasteiger partial charge in [-0.3, -0.25) is 4.79 Å². The Morgan fingerprint density at radius 3 is 3.20 bits per heavy atom. The number of rotatable bonds is 3. The third-order valence-corrected chi connectivity index (χ3v) is 3.63. The second kappa shape index (κ2) is 4.86. The monoisotopic (exact) mass is 270 g/mol. The van der Waals surface area contributed by atoms with E-state index in [1.807, 2.05) is 29.8 Å². The summed E-state index contributed by atoms with van der Waals surface area (Å²) in [4.78, 5) is 20.8. The zero-order valence-electron chi connectivity index (χ0n) is 11.1. The van der Waals surface area contributed by atoms with Crippen LogP contribution in [0.3, 0.4) is 0 Å². The highest BCUT2D eigenvalue weighted by molar-refractivity contribution is 5.97. The Kier molecular flexibility index (Phi) is 3.04. The van der Waals surface area contributed by atoms with E-state index in [4.69, 9.17) is 5.53 Å². The Balaban J connectivity index is 1.87. The van der Waals surface area contributed by atoms with Gasteiger partial charge in [-0.25, -0.2) is 4.98 Å². The van der Waals surface area contributed by atoms with Crippen LogP contribution in [0.1, 0.15) is 6.42 Å². The Labute approximate surface area is 115 Å². The fourth-order valence-electron chi connectivity index (χ4n) is 2.60. The van der Waals surface area contributed by atoms with Crippen LogP contribution in [-0.4, -0.2) is 28.5 Å². The van der Waals surface area contributed by atoms with Crippen LogP contribution in [0.5, 0.6) is 0 Å². The van der Waals surface area contributed by atoms with E-state index >= 15 is 0 Å². The number of amides is 1. The first-order chi connectivity index (χ1) is 9.69. The molecule has 2 aromatic rings. The van der Waals surface area contributed by atoms with Crippen molar-refractivity contribution in [1.82, 2.24) is 9.55 Å². The lowest BCUT2D eigenvalue weighted by atomic mass is 10.1. The fourth-order valence-corrected chi connectivity index (χ4v) is 2.60. The number of carbonyl (C=O) groups excluding carboxylic acids is 1. The van der Waals surface area contributed by atoms with Crippen LogP contribution in [0, 0.1) is 5.92 Å². The predicted molar refractivity (Wildman–Crippen MR) is 75.2 cm³/mol. The lowest BCUT2D eigenvalue weighted by Gasteiger charge is -2.16. The number of hydrogen-bond acceptors (Lipinski definition) is 3. The number of aryl methyl sites for hydroxylation is 1. The first-order valence-corrected chi connectivity index (χ1v) is 6.41. The topological polar surface area (TPSA) is 86.9 Å². The standard InChI is InChI=1S/C13H14N6O/c1-18-8-15-11-5-10(2-3-12(11)18)19-7-9(4-13(19)20)6-16-17-14/h2-3,5,8-9H,4,6-7H2,1H3. The molecule has 7 heteroatoms. The van der Waals surface area contributed by atoms with Gasteiger partial charge in [-0.15, -0.1) is 0 Å². The van der Waals surface area contributed by atoms with Crippen molar-refractivity contribution < 1.29 is 4.79 Å². The van der Waals surface area contributed by atoms with Crippen LogP contribution < -0.4 is 4.90 Å². The first-order valence-electron chi connectivity index (χ1n) is 6.41. The van der Waals surface area contributed by atoms with E-state index in [-0.39, 0.29) is 11.8 Å². The van der Waals surface area contributed by atoms with Crippen LogP contribution in [0.25, 0.3) is 21.5 Å². The summed E-state index contributed by atoms with van der Waals surface area (Å²) in [6.07, 6.45) is 2.18. The molecule has 1 atom stereocenters. The van der Waals surface area contributed by atoms with Crippen molar-refractivity contribution >= 4 is 22.6 Å². The number of aromatic nitrogens is 2. The van der Waals surface area contributed by atoms with Gasteiger partial charge in [0.1, 0.15) is 0 Å². The van der Waals surface area contributed by atoms with Crippen molar-refractivity contribution in [1.29, 1.82) is 0 Å². The highest BCUT2D eigenvalue weighted by Gasteiger charge is 2.30. The number of nitrogens with zero attached hydrogens (tertiary/aromatic N) is 6. The molecule has 0 radical (unpaired) electrons. The predicted octanol–water partition coefficient (Wildman–Crippen LogP) is 2.24. The maximum atomic E-state index is 12.1. The average Bonchev–Trinajstić information content (AvgIpc) is 3.00. The minimum atomic E-state index is 0.0680. The van der Waals surface area contributed by atoms with Gasteiger partial charge in [0.05, 0.1) is 17.4 Å². The highest BCUT2D eigenvalue weighted by Crippen LogP contribution is 2.27. The molecule has 1 aromatic heterocycles. The van der Waals surface area contributed by atoms with E-state index in [9.17, 15) is 4.79 Å². The molecule has 1 fully saturated rings. The number of azide groups is 1. The quantitative estimate of drug-likeness (QED) is 0.486. The fraction of sp³-hybridized carbons (Fsp3) is 0.385. The smallest absolute Gasteiger partial charge is 0.227 e. The summed E-state index contributed by atoms with van der Waals surface area (Å²) in [7, 11) is 1.94. The van der Waals surface area contributed by atoms with Crippen molar-refractivity contribution in [2.45, 2.75) is 6.42 Å². The van der Waals surface area contributed by atoms with Crippen molar-refractivity contribution in [3.8, 4) is 0 Å². The number of fused-ring (bicyclic) bond motifs is 1. The van der Waals surface area contributed by atoms with Gasteiger partial charge in [-0.1, -0.05) is 5.11 Å². The summed E-state index contributed by atoms with van der Waals surface area (Å²) < 4.78 is 1.94. The molecule has 1 unspecified atom stereocenters. The van der Waals surface area contributed by atoms with Crippen molar-refractivity contribution in [2.75, 3.05) is 18.0 Å². The second-order valence-electron chi connectivity index (χ2n) is 5.02. The minimum absolute atomic E-state index is 0.0680. The van der Waals surface area contributed by atoms with E-state index in [0.29, 0.717) is 19.5 Å². The van der Waals surface area contributed by atoms with Gasteiger partial charge in [-0.05, 0) is 29.6 Å². The first kappa shape index (κ1) is 12.5.